The molecule has 0 spiro atoms. The van der Waals surface area contributed by atoms with Crippen molar-refractivity contribution < 1.29 is 23.7 Å². The van der Waals surface area contributed by atoms with E-state index >= 15 is 0 Å². The summed E-state index contributed by atoms with van der Waals surface area (Å²) >= 11 is 0. The molecule has 0 radical (unpaired) electrons. The lowest BCUT2D eigenvalue weighted by Gasteiger charge is -2.07. The number of ether oxygens (including phenoxy) is 4. The molecule has 0 saturated heterocycles. The van der Waals surface area contributed by atoms with Gasteiger partial charge in [-0.3, -0.25) is 4.79 Å². The number of amides is 1. The molecule has 0 bridgehead atoms. The lowest BCUT2D eigenvalue weighted by atomic mass is 10.3. The topological polar surface area (TPSA) is 66.0 Å². The summed E-state index contributed by atoms with van der Waals surface area (Å²) in [5.41, 5.74) is 0.498. The van der Waals surface area contributed by atoms with Crippen molar-refractivity contribution in [2.24, 2.45) is 0 Å². The number of nitrogens with one attached hydrogen (secondary N) is 1. The van der Waals surface area contributed by atoms with E-state index in [1.54, 1.807) is 6.92 Å². The highest BCUT2D eigenvalue weighted by Gasteiger charge is 1.99. The fourth-order valence-electron chi connectivity index (χ4n) is 1.19. The van der Waals surface area contributed by atoms with Crippen LogP contribution in [0.2, 0.25) is 0 Å². The average Bonchev–Trinajstić information content (AvgIpc) is 2.43. The molecule has 0 rings (SSSR count). The van der Waals surface area contributed by atoms with Crippen LogP contribution in [0, 0.1) is 0 Å². The first kappa shape index (κ1) is 19.1. The Morgan fingerprint density at radius 2 is 1.35 bits per heavy atom. The Morgan fingerprint density at radius 1 is 0.900 bits per heavy atom. The molecule has 6 heteroatoms. The summed E-state index contributed by atoms with van der Waals surface area (Å²) < 4.78 is 21.0. The van der Waals surface area contributed by atoms with Gasteiger partial charge in [0.2, 0.25) is 5.91 Å². The minimum Gasteiger partial charge on any atom is -0.379 e. The van der Waals surface area contributed by atoms with E-state index in [1.807, 2.05) is 6.92 Å². The van der Waals surface area contributed by atoms with Crippen LogP contribution in [0.25, 0.3) is 0 Å². The SMILES string of the molecule is C=C(C)C(=O)NCCOCCOCCOCCOCC. The van der Waals surface area contributed by atoms with Crippen LogP contribution in [0.4, 0.5) is 0 Å². The molecule has 0 aliphatic heterocycles. The van der Waals surface area contributed by atoms with Crippen molar-refractivity contribution in [2.75, 3.05) is 59.4 Å². The van der Waals surface area contributed by atoms with Crippen molar-refractivity contribution in [3.8, 4) is 0 Å². The van der Waals surface area contributed by atoms with Crippen LogP contribution in [-0.2, 0) is 23.7 Å². The summed E-state index contributed by atoms with van der Waals surface area (Å²) in [6, 6.07) is 0. The van der Waals surface area contributed by atoms with E-state index < -0.39 is 0 Å². The fourth-order valence-corrected chi connectivity index (χ4v) is 1.19. The molecular formula is C14H27NO5. The van der Waals surface area contributed by atoms with Crippen molar-refractivity contribution in [3.05, 3.63) is 12.2 Å². The van der Waals surface area contributed by atoms with E-state index in [9.17, 15) is 4.79 Å². The predicted molar refractivity (Wildman–Crippen MR) is 76.8 cm³/mol. The molecule has 6 nitrogen and oxygen atoms in total. The third-order valence-corrected chi connectivity index (χ3v) is 2.24. The van der Waals surface area contributed by atoms with E-state index in [0.717, 1.165) is 0 Å². The molecule has 0 heterocycles. The number of hydrogen-bond donors (Lipinski definition) is 1. The van der Waals surface area contributed by atoms with E-state index in [4.69, 9.17) is 18.9 Å². The first-order valence-corrected chi connectivity index (χ1v) is 6.93. The van der Waals surface area contributed by atoms with Gasteiger partial charge in [0.05, 0.1) is 46.2 Å². The second-order valence-corrected chi connectivity index (χ2v) is 4.07. The molecule has 1 amide bonds. The van der Waals surface area contributed by atoms with Crippen molar-refractivity contribution in [1.82, 2.24) is 5.32 Å². The number of carbonyl (C=O) groups excluding carboxylic acids is 1. The van der Waals surface area contributed by atoms with Crippen molar-refractivity contribution in [3.63, 3.8) is 0 Å². The molecule has 0 fully saturated rings. The predicted octanol–water partition coefficient (Wildman–Crippen LogP) is 0.765. The van der Waals surface area contributed by atoms with Gasteiger partial charge in [-0.2, -0.15) is 0 Å². The Balaban J connectivity index is 3.06. The summed E-state index contributed by atoms with van der Waals surface area (Å²) in [4.78, 5) is 11.1. The van der Waals surface area contributed by atoms with Gasteiger partial charge in [-0.25, -0.2) is 0 Å². The van der Waals surface area contributed by atoms with Crippen LogP contribution in [0.5, 0.6) is 0 Å². The van der Waals surface area contributed by atoms with Gasteiger partial charge >= 0.3 is 0 Å². The molecular weight excluding hydrogens is 262 g/mol. The summed E-state index contributed by atoms with van der Waals surface area (Å²) in [5, 5.41) is 2.68. The molecule has 20 heavy (non-hydrogen) atoms. The smallest absolute Gasteiger partial charge is 0.246 e. The van der Waals surface area contributed by atoms with Crippen LogP contribution in [0.15, 0.2) is 12.2 Å². The second kappa shape index (κ2) is 14.5. The van der Waals surface area contributed by atoms with Crippen molar-refractivity contribution >= 4 is 5.91 Å². The van der Waals surface area contributed by atoms with E-state index in [2.05, 4.69) is 11.9 Å². The normalized spacial score (nSPS) is 10.5. The van der Waals surface area contributed by atoms with Gasteiger partial charge in [-0.05, 0) is 13.8 Å². The molecule has 0 atom stereocenters. The van der Waals surface area contributed by atoms with E-state index in [0.29, 0.717) is 65.0 Å². The fraction of sp³-hybridized carbons (Fsp3) is 0.786. The summed E-state index contributed by atoms with van der Waals surface area (Å²) in [6.45, 7) is 12.2. The largest absolute Gasteiger partial charge is 0.379 e. The first-order valence-electron chi connectivity index (χ1n) is 6.93. The molecule has 0 aromatic carbocycles. The molecule has 0 aromatic heterocycles. The quantitative estimate of drug-likeness (QED) is 0.378. The van der Waals surface area contributed by atoms with Crippen LogP contribution in [0.1, 0.15) is 13.8 Å². The number of hydrogen-bond acceptors (Lipinski definition) is 5. The molecule has 118 valence electrons. The van der Waals surface area contributed by atoms with Crippen LogP contribution < -0.4 is 5.32 Å². The summed E-state index contributed by atoms with van der Waals surface area (Å²) in [7, 11) is 0. The molecule has 0 aromatic rings. The second-order valence-electron chi connectivity index (χ2n) is 4.07. The van der Waals surface area contributed by atoms with Gasteiger partial charge in [0.1, 0.15) is 0 Å². The third-order valence-electron chi connectivity index (χ3n) is 2.24. The Morgan fingerprint density at radius 3 is 1.80 bits per heavy atom. The van der Waals surface area contributed by atoms with Crippen LogP contribution in [-0.4, -0.2) is 65.3 Å². The zero-order valence-corrected chi connectivity index (χ0v) is 12.6. The van der Waals surface area contributed by atoms with Gasteiger partial charge in [0, 0.05) is 18.7 Å². The minimum absolute atomic E-state index is 0.144. The zero-order chi connectivity index (χ0) is 15.1. The van der Waals surface area contributed by atoms with Gasteiger partial charge in [-0.1, -0.05) is 6.58 Å². The zero-order valence-electron chi connectivity index (χ0n) is 12.6. The Labute approximate surface area is 121 Å². The Hall–Kier alpha value is -0.950. The van der Waals surface area contributed by atoms with Crippen molar-refractivity contribution in [2.45, 2.75) is 13.8 Å². The Bertz CT molecular complexity index is 258. The summed E-state index contributed by atoms with van der Waals surface area (Å²) in [6.07, 6.45) is 0. The highest BCUT2D eigenvalue weighted by Crippen LogP contribution is 1.85. The minimum atomic E-state index is -0.144. The maximum atomic E-state index is 11.1. The molecule has 0 aliphatic rings. The van der Waals surface area contributed by atoms with Gasteiger partial charge in [0.15, 0.2) is 0 Å². The van der Waals surface area contributed by atoms with Gasteiger partial charge in [-0.15, -0.1) is 0 Å². The van der Waals surface area contributed by atoms with E-state index in [-0.39, 0.29) is 5.91 Å². The van der Waals surface area contributed by atoms with Crippen LogP contribution in [0.3, 0.4) is 0 Å². The monoisotopic (exact) mass is 289 g/mol. The third kappa shape index (κ3) is 13.5. The standard InChI is InChI=1S/C14H27NO5/c1-4-17-7-8-19-11-12-20-10-9-18-6-5-15-14(16)13(2)3/h2,4-12H2,1,3H3,(H,15,16). The maximum Gasteiger partial charge on any atom is 0.246 e. The molecule has 0 unspecified atom stereocenters. The molecule has 0 saturated carbocycles. The van der Waals surface area contributed by atoms with Crippen molar-refractivity contribution in [1.29, 1.82) is 0 Å². The maximum absolute atomic E-state index is 11.1. The highest BCUT2D eigenvalue weighted by molar-refractivity contribution is 5.91. The first-order chi connectivity index (χ1) is 9.68. The van der Waals surface area contributed by atoms with Gasteiger partial charge in [0.25, 0.3) is 0 Å². The lowest BCUT2D eigenvalue weighted by Crippen LogP contribution is -2.27. The summed E-state index contributed by atoms with van der Waals surface area (Å²) in [5.74, 6) is -0.144. The van der Waals surface area contributed by atoms with Gasteiger partial charge < -0.3 is 24.3 Å². The lowest BCUT2D eigenvalue weighted by molar-refractivity contribution is -0.117. The Kier molecular flexibility index (Phi) is 13.8. The number of rotatable bonds is 14. The molecule has 1 N–H and O–H groups in total. The highest BCUT2D eigenvalue weighted by atomic mass is 16.6. The average molecular weight is 289 g/mol. The number of carbonyl (C=O) groups is 1. The molecule has 0 aliphatic carbocycles. The van der Waals surface area contributed by atoms with E-state index in [1.165, 1.54) is 0 Å². The van der Waals surface area contributed by atoms with Crippen LogP contribution >= 0.6 is 0 Å².